The van der Waals surface area contributed by atoms with Crippen LogP contribution in [-0.4, -0.2) is 34.4 Å². The highest BCUT2D eigenvalue weighted by Gasteiger charge is 2.35. The van der Waals surface area contributed by atoms with Crippen molar-refractivity contribution >= 4 is 5.91 Å². The van der Waals surface area contributed by atoms with E-state index >= 15 is 0 Å². The van der Waals surface area contributed by atoms with Gasteiger partial charge in [0.25, 0.3) is 5.91 Å². The highest BCUT2D eigenvalue weighted by Crippen LogP contribution is 2.34. The van der Waals surface area contributed by atoms with Crippen molar-refractivity contribution in [3.63, 3.8) is 0 Å². The van der Waals surface area contributed by atoms with Crippen molar-refractivity contribution in [2.24, 2.45) is 7.05 Å². The Hall–Kier alpha value is -2.34. The molecule has 6 heteroatoms. The van der Waals surface area contributed by atoms with Gasteiger partial charge in [-0.2, -0.15) is 5.10 Å². The molecule has 0 fully saturated rings. The van der Waals surface area contributed by atoms with Crippen LogP contribution in [0.1, 0.15) is 40.0 Å². The van der Waals surface area contributed by atoms with Crippen molar-refractivity contribution in [1.82, 2.24) is 15.1 Å². The normalized spacial score (nSPS) is 19.7. The van der Waals surface area contributed by atoms with Gasteiger partial charge in [-0.15, -0.1) is 0 Å². The molecule has 1 atom stereocenters. The lowest BCUT2D eigenvalue weighted by Gasteiger charge is -2.34. The molecule has 0 spiro atoms. The minimum atomic E-state index is -1.03. The van der Waals surface area contributed by atoms with Gasteiger partial charge in [0.15, 0.2) is 0 Å². The third kappa shape index (κ3) is 2.78. The molecule has 0 aliphatic heterocycles. The Balaban J connectivity index is 1.80. The number of amides is 1. The second-order valence-corrected chi connectivity index (χ2v) is 6.32. The Bertz CT molecular complexity index is 769. The van der Waals surface area contributed by atoms with Gasteiger partial charge in [0, 0.05) is 7.05 Å². The molecule has 0 saturated heterocycles. The van der Waals surface area contributed by atoms with Crippen LogP contribution in [0.3, 0.4) is 0 Å². The number of aryl methyl sites for hydroxylation is 3. The van der Waals surface area contributed by atoms with Gasteiger partial charge in [0.05, 0.1) is 19.3 Å². The SMILES string of the molecule is COc1c(C(=O)NC[C@]2(O)CCCc3ccccc32)c(C)nn1C. The number of hydrogen-bond acceptors (Lipinski definition) is 4. The molecule has 6 nitrogen and oxygen atoms in total. The van der Waals surface area contributed by atoms with E-state index in [1.165, 1.54) is 11.8 Å². The minimum absolute atomic E-state index is 0.167. The average molecular weight is 329 g/mol. The number of carbonyl (C=O) groups excluding carboxylic acids is 1. The van der Waals surface area contributed by atoms with Gasteiger partial charge in [-0.25, -0.2) is 4.68 Å². The monoisotopic (exact) mass is 329 g/mol. The second-order valence-electron chi connectivity index (χ2n) is 6.32. The number of methoxy groups -OCH3 is 1. The number of benzene rings is 1. The fraction of sp³-hybridized carbons (Fsp3) is 0.444. The highest BCUT2D eigenvalue weighted by molar-refractivity contribution is 5.97. The standard InChI is InChI=1S/C18H23N3O3/c1-12-15(17(24-3)21(2)20-12)16(22)19-11-18(23)10-6-8-13-7-4-5-9-14(13)18/h4-5,7,9,23H,6,8,10-11H2,1-3H3,(H,19,22)/t18-/m1/s1. The van der Waals surface area contributed by atoms with Crippen LogP contribution in [0.25, 0.3) is 0 Å². The van der Waals surface area contributed by atoms with Crippen LogP contribution >= 0.6 is 0 Å². The number of hydrogen-bond donors (Lipinski definition) is 2. The summed E-state index contributed by atoms with van der Waals surface area (Å²) in [5.74, 6) is 0.134. The number of nitrogens with one attached hydrogen (secondary N) is 1. The van der Waals surface area contributed by atoms with Crippen LogP contribution in [0.15, 0.2) is 24.3 Å². The summed E-state index contributed by atoms with van der Waals surface area (Å²) in [6.45, 7) is 1.93. The van der Waals surface area contributed by atoms with Crippen LogP contribution in [0.2, 0.25) is 0 Å². The Kier molecular flexibility index (Phi) is 4.32. The van der Waals surface area contributed by atoms with Crippen molar-refractivity contribution in [3.8, 4) is 5.88 Å². The summed E-state index contributed by atoms with van der Waals surface area (Å²) in [6.07, 6.45) is 2.49. The van der Waals surface area contributed by atoms with Gasteiger partial charge in [-0.1, -0.05) is 24.3 Å². The number of nitrogens with zero attached hydrogens (tertiary/aromatic N) is 2. The molecule has 2 aromatic rings. The zero-order chi connectivity index (χ0) is 17.3. The molecule has 1 amide bonds. The summed E-state index contributed by atoms with van der Waals surface area (Å²) in [6, 6.07) is 7.88. The van der Waals surface area contributed by atoms with E-state index in [9.17, 15) is 9.90 Å². The summed E-state index contributed by atoms with van der Waals surface area (Å²) < 4.78 is 6.80. The average Bonchev–Trinajstić information content (AvgIpc) is 2.86. The molecule has 1 aromatic heterocycles. The van der Waals surface area contributed by atoms with E-state index in [0.717, 1.165) is 24.0 Å². The van der Waals surface area contributed by atoms with E-state index in [2.05, 4.69) is 10.4 Å². The molecule has 3 rings (SSSR count). The smallest absolute Gasteiger partial charge is 0.258 e. The van der Waals surface area contributed by atoms with Crippen molar-refractivity contribution in [2.45, 2.75) is 31.8 Å². The molecule has 0 unspecified atom stereocenters. The molecule has 2 N–H and O–H groups in total. The maximum atomic E-state index is 12.6. The number of rotatable bonds is 4. The molecule has 1 aliphatic carbocycles. The van der Waals surface area contributed by atoms with Crippen molar-refractivity contribution < 1.29 is 14.6 Å². The third-order valence-electron chi connectivity index (χ3n) is 4.69. The highest BCUT2D eigenvalue weighted by atomic mass is 16.5. The Morgan fingerprint density at radius 3 is 2.96 bits per heavy atom. The lowest BCUT2D eigenvalue weighted by atomic mass is 9.79. The summed E-state index contributed by atoms with van der Waals surface area (Å²) in [5, 5.41) is 18.1. The molecule has 1 heterocycles. The zero-order valence-electron chi connectivity index (χ0n) is 14.3. The van der Waals surface area contributed by atoms with Gasteiger partial charge >= 0.3 is 0 Å². The third-order valence-corrected chi connectivity index (χ3v) is 4.69. The summed E-state index contributed by atoms with van der Waals surface area (Å²) in [4.78, 5) is 12.6. The fourth-order valence-electron chi connectivity index (χ4n) is 3.53. The van der Waals surface area contributed by atoms with Gasteiger partial charge in [-0.05, 0) is 37.3 Å². The van der Waals surface area contributed by atoms with Gasteiger partial charge in [-0.3, -0.25) is 4.79 Å². The number of fused-ring (bicyclic) bond motifs is 1. The fourth-order valence-corrected chi connectivity index (χ4v) is 3.53. The van der Waals surface area contributed by atoms with Crippen molar-refractivity contribution in [2.75, 3.05) is 13.7 Å². The summed E-state index contributed by atoms with van der Waals surface area (Å²) in [5.41, 5.74) is 2.03. The van der Waals surface area contributed by atoms with Crippen molar-refractivity contribution in [3.05, 3.63) is 46.6 Å². The quantitative estimate of drug-likeness (QED) is 0.895. The first-order valence-corrected chi connectivity index (χ1v) is 8.13. The lowest BCUT2D eigenvalue weighted by Crippen LogP contribution is -2.43. The zero-order valence-corrected chi connectivity index (χ0v) is 14.3. The topological polar surface area (TPSA) is 76.4 Å². The van der Waals surface area contributed by atoms with Crippen LogP contribution in [0.4, 0.5) is 0 Å². The summed E-state index contributed by atoms with van der Waals surface area (Å²) in [7, 11) is 3.24. The van der Waals surface area contributed by atoms with Crippen LogP contribution in [-0.2, 0) is 19.1 Å². The molecule has 24 heavy (non-hydrogen) atoms. The molecule has 0 saturated carbocycles. The Morgan fingerprint density at radius 2 is 2.21 bits per heavy atom. The molecular formula is C18H23N3O3. The van der Waals surface area contributed by atoms with Crippen LogP contribution < -0.4 is 10.1 Å². The largest absolute Gasteiger partial charge is 0.481 e. The van der Waals surface area contributed by atoms with Crippen LogP contribution in [0, 0.1) is 6.92 Å². The molecule has 128 valence electrons. The van der Waals surface area contributed by atoms with Crippen LogP contribution in [0.5, 0.6) is 5.88 Å². The van der Waals surface area contributed by atoms with Gasteiger partial charge in [0.2, 0.25) is 5.88 Å². The number of carbonyl (C=O) groups is 1. The van der Waals surface area contributed by atoms with E-state index in [4.69, 9.17) is 4.74 Å². The van der Waals surface area contributed by atoms with Gasteiger partial charge in [0.1, 0.15) is 11.2 Å². The van der Waals surface area contributed by atoms with Crippen molar-refractivity contribution in [1.29, 1.82) is 0 Å². The predicted octanol–water partition coefficient (Wildman–Crippen LogP) is 1.69. The number of aliphatic hydroxyl groups is 1. The first kappa shape index (κ1) is 16.5. The van der Waals surface area contributed by atoms with E-state index in [1.807, 2.05) is 24.3 Å². The number of aromatic nitrogens is 2. The predicted molar refractivity (Wildman–Crippen MR) is 90.1 cm³/mol. The molecule has 0 bridgehead atoms. The van der Waals surface area contributed by atoms with Gasteiger partial charge < -0.3 is 15.2 Å². The maximum Gasteiger partial charge on any atom is 0.258 e. The van der Waals surface area contributed by atoms with E-state index in [-0.39, 0.29) is 12.5 Å². The summed E-state index contributed by atoms with van der Waals surface area (Å²) >= 11 is 0. The molecule has 1 aliphatic rings. The lowest BCUT2D eigenvalue weighted by molar-refractivity contribution is 0.0189. The molecule has 0 radical (unpaired) electrons. The molecule has 1 aromatic carbocycles. The van der Waals surface area contributed by atoms with E-state index in [0.29, 0.717) is 23.6 Å². The second kappa shape index (κ2) is 6.28. The number of ether oxygens (including phenoxy) is 1. The first-order valence-electron chi connectivity index (χ1n) is 8.13. The van der Waals surface area contributed by atoms with E-state index in [1.54, 1.807) is 14.0 Å². The Morgan fingerprint density at radius 1 is 1.46 bits per heavy atom. The minimum Gasteiger partial charge on any atom is -0.481 e. The molecular weight excluding hydrogens is 306 g/mol. The van der Waals surface area contributed by atoms with E-state index < -0.39 is 5.60 Å². The Labute approximate surface area is 141 Å². The first-order chi connectivity index (χ1) is 11.5. The maximum absolute atomic E-state index is 12.6.